The standard InChI is InChI=1S/C22H23F3N2O4/c1-13-18(20(29)27-21(2,3)8-10-28)16-11-15(6-7-17(16)31-13)30-12-14-5-4-9-26-19(14)22(23,24)25/h4-7,9,11,28H,8,10,12H2,1-3H3,(H,27,29). The number of nitrogens with zero attached hydrogens (tertiary/aromatic N) is 1. The zero-order valence-corrected chi connectivity index (χ0v) is 17.3. The summed E-state index contributed by atoms with van der Waals surface area (Å²) in [5.74, 6) is 0.309. The van der Waals surface area contributed by atoms with Gasteiger partial charge in [0.2, 0.25) is 0 Å². The Balaban J connectivity index is 1.87. The Kier molecular flexibility index (Phi) is 6.26. The Labute approximate surface area is 177 Å². The predicted octanol–water partition coefficient (Wildman–Crippen LogP) is 4.62. The molecule has 0 radical (unpaired) electrons. The fraction of sp³-hybridized carbons (Fsp3) is 0.364. The third kappa shape index (κ3) is 5.16. The average molecular weight is 436 g/mol. The number of hydrogen-bond donors (Lipinski definition) is 2. The highest BCUT2D eigenvalue weighted by Crippen LogP contribution is 2.32. The summed E-state index contributed by atoms with van der Waals surface area (Å²) in [4.78, 5) is 16.3. The highest BCUT2D eigenvalue weighted by Gasteiger charge is 2.35. The Bertz CT molecular complexity index is 1090. The minimum Gasteiger partial charge on any atom is -0.489 e. The molecule has 0 aliphatic rings. The number of pyridine rings is 1. The van der Waals surface area contributed by atoms with Crippen molar-refractivity contribution in [3.8, 4) is 5.75 Å². The van der Waals surface area contributed by atoms with E-state index in [1.54, 1.807) is 39.0 Å². The number of amides is 1. The van der Waals surface area contributed by atoms with Crippen LogP contribution in [0.3, 0.4) is 0 Å². The lowest BCUT2D eigenvalue weighted by molar-refractivity contribution is -0.142. The number of nitrogens with one attached hydrogen (secondary N) is 1. The van der Waals surface area contributed by atoms with E-state index in [-0.39, 0.29) is 30.4 Å². The first kappa shape index (κ1) is 22.6. The van der Waals surface area contributed by atoms with Crippen molar-refractivity contribution in [3.05, 3.63) is 59.1 Å². The van der Waals surface area contributed by atoms with Crippen molar-refractivity contribution in [2.75, 3.05) is 6.61 Å². The molecule has 2 aromatic heterocycles. The van der Waals surface area contributed by atoms with Crippen molar-refractivity contribution >= 4 is 16.9 Å². The smallest absolute Gasteiger partial charge is 0.433 e. The number of halogens is 3. The molecule has 0 saturated heterocycles. The monoisotopic (exact) mass is 436 g/mol. The van der Waals surface area contributed by atoms with Crippen molar-refractivity contribution in [2.45, 2.75) is 45.5 Å². The van der Waals surface area contributed by atoms with Crippen molar-refractivity contribution in [2.24, 2.45) is 0 Å². The largest absolute Gasteiger partial charge is 0.489 e. The van der Waals surface area contributed by atoms with Crippen LogP contribution in [0.4, 0.5) is 13.2 Å². The summed E-state index contributed by atoms with van der Waals surface area (Å²) in [6.45, 7) is 4.82. The van der Waals surface area contributed by atoms with E-state index in [0.29, 0.717) is 28.7 Å². The molecule has 0 fully saturated rings. The number of aliphatic hydroxyl groups is 1. The normalized spacial score (nSPS) is 12.2. The quantitative estimate of drug-likeness (QED) is 0.564. The van der Waals surface area contributed by atoms with Crippen molar-refractivity contribution in [1.29, 1.82) is 0 Å². The number of aliphatic hydroxyl groups excluding tert-OH is 1. The number of ether oxygens (including phenoxy) is 1. The molecule has 0 spiro atoms. The van der Waals surface area contributed by atoms with Gasteiger partial charge in [-0.15, -0.1) is 0 Å². The van der Waals surface area contributed by atoms with Crippen LogP contribution in [-0.4, -0.2) is 28.1 Å². The first-order valence-corrected chi connectivity index (χ1v) is 9.62. The van der Waals surface area contributed by atoms with Gasteiger partial charge in [-0.3, -0.25) is 9.78 Å². The molecule has 3 rings (SSSR count). The molecular formula is C22H23F3N2O4. The summed E-state index contributed by atoms with van der Waals surface area (Å²) in [5, 5.41) is 12.5. The summed E-state index contributed by atoms with van der Waals surface area (Å²) in [6, 6.07) is 7.43. The molecule has 31 heavy (non-hydrogen) atoms. The Morgan fingerprint density at radius 3 is 2.68 bits per heavy atom. The number of carbonyl (C=O) groups is 1. The van der Waals surface area contributed by atoms with E-state index in [1.807, 2.05) is 0 Å². The minimum atomic E-state index is -4.59. The number of alkyl halides is 3. The lowest BCUT2D eigenvalue weighted by atomic mass is 10.00. The van der Waals surface area contributed by atoms with E-state index in [0.717, 1.165) is 6.20 Å². The summed E-state index contributed by atoms with van der Waals surface area (Å²) in [5.41, 5.74) is -0.968. The fourth-order valence-corrected chi connectivity index (χ4v) is 3.25. The van der Waals surface area contributed by atoms with Gasteiger partial charge in [0.1, 0.15) is 23.7 Å². The van der Waals surface area contributed by atoms with E-state index in [2.05, 4.69) is 10.3 Å². The molecule has 166 valence electrons. The van der Waals surface area contributed by atoms with Crippen molar-refractivity contribution in [3.63, 3.8) is 0 Å². The van der Waals surface area contributed by atoms with Gasteiger partial charge in [0.15, 0.2) is 5.69 Å². The third-order valence-electron chi connectivity index (χ3n) is 4.81. The van der Waals surface area contributed by atoms with Gasteiger partial charge in [-0.05, 0) is 51.5 Å². The molecule has 0 atom stereocenters. The minimum absolute atomic E-state index is 0.0787. The van der Waals surface area contributed by atoms with Crippen LogP contribution in [0.25, 0.3) is 11.0 Å². The number of fused-ring (bicyclic) bond motifs is 1. The SMILES string of the molecule is Cc1oc2ccc(OCc3cccnc3C(F)(F)F)cc2c1C(=O)NC(C)(C)CCO. The molecule has 0 aliphatic carbocycles. The molecule has 3 aromatic rings. The summed E-state index contributed by atoms with van der Waals surface area (Å²) < 4.78 is 50.6. The summed E-state index contributed by atoms with van der Waals surface area (Å²) >= 11 is 0. The van der Waals surface area contributed by atoms with Gasteiger partial charge >= 0.3 is 6.18 Å². The third-order valence-corrected chi connectivity index (χ3v) is 4.81. The number of rotatable bonds is 7. The second-order valence-corrected chi connectivity index (χ2v) is 7.80. The van der Waals surface area contributed by atoms with Crippen LogP contribution in [0.2, 0.25) is 0 Å². The van der Waals surface area contributed by atoms with Crippen LogP contribution in [0, 0.1) is 6.92 Å². The zero-order valence-electron chi connectivity index (χ0n) is 17.3. The second kappa shape index (κ2) is 8.58. The molecule has 6 nitrogen and oxygen atoms in total. The molecular weight excluding hydrogens is 413 g/mol. The molecule has 1 aromatic carbocycles. The molecule has 2 heterocycles. The fourth-order valence-electron chi connectivity index (χ4n) is 3.25. The Morgan fingerprint density at radius 1 is 1.26 bits per heavy atom. The first-order chi connectivity index (χ1) is 14.5. The highest BCUT2D eigenvalue weighted by molar-refractivity contribution is 6.07. The van der Waals surface area contributed by atoms with Crippen molar-refractivity contribution in [1.82, 2.24) is 10.3 Å². The van der Waals surface area contributed by atoms with Gasteiger partial charge in [0.05, 0.1) is 5.56 Å². The average Bonchev–Trinajstić information content (AvgIpc) is 3.00. The van der Waals surface area contributed by atoms with Gasteiger partial charge < -0.3 is 19.6 Å². The lowest BCUT2D eigenvalue weighted by Crippen LogP contribution is -2.44. The number of carbonyl (C=O) groups excluding carboxylic acids is 1. The van der Waals surface area contributed by atoms with Crippen molar-refractivity contribution < 1.29 is 32.2 Å². The van der Waals surface area contributed by atoms with Crippen LogP contribution in [0.15, 0.2) is 40.9 Å². The maximum Gasteiger partial charge on any atom is 0.433 e. The van der Waals surface area contributed by atoms with E-state index in [1.165, 1.54) is 12.1 Å². The second-order valence-electron chi connectivity index (χ2n) is 7.80. The summed E-state index contributed by atoms with van der Waals surface area (Å²) in [6.07, 6.45) is -3.14. The van der Waals surface area contributed by atoms with E-state index >= 15 is 0 Å². The molecule has 1 amide bonds. The van der Waals surface area contributed by atoms with Crippen LogP contribution in [-0.2, 0) is 12.8 Å². The van der Waals surface area contributed by atoms with Crippen LogP contribution < -0.4 is 10.1 Å². The van der Waals surface area contributed by atoms with Crippen LogP contribution >= 0.6 is 0 Å². The number of furan rings is 1. The van der Waals surface area contributed by atoms with E-state index in [4.69, 9.17) is 14.3 Å². The molecule has 0 saturated carbocycles. The van der Waals surface area contributed by atoms with E-state index in [9.17, 15) is 18.0 Å². The van der Waals surface area contributed by atoms with Gasteiger partial charge in [-0.1, -0.05) is 6.07 Å². The van der Waals surface area contributed by atoms with Crippen LogP contribution in [0.5, 0.6) is 5.75 Å². The molecule has 2 N–H and O–H groups in total. The number of aryl methyl sites for hydroxylation is 1. The number of aromatic nitrogens is 1. The molecule has 0 bridgehead atoms. The van der Waals surface area contributed by atoms with Crippen LogP contribution in [0.1, 0.15) is 47.6 Å². The maximum absolute atomic E-state index is 13.1. The van der Waals surface area contributed by atoms with Gasteiger partial charge in [0, 0.05) is 29.3 Å². The zero-order chi connectivity index (χ0) is 22.8. The predicted molar refractivity (Wildman–Crippen MR) is 108 cm³/mol. The molecule has 9 heteroatoms. The summed E-state index contributed by atoms with van der Waals surface area (Å²) in [7, 11) is 0. The van der Waals surface area contributed by atoms with Gasteiger partial charge in [0.25, 0.3) is 5.91 Å². The lowest BCUT2D eigenvalue weighted by Gasteiger charge is -2.25. The molecule has 0 unspecified atom stereocenters. The number of benzene rings is 1. The molecule has 0 aliphatic heterocycles. The Hall–Kier alpha value is -3.07. The highest BCUT2D eigenvalue weighted by atomic mass is 19.4. The first-order valence-electron chi connectivity index (χ1n) is 9.62. The van der Waals surface area contributed by atoms with E-state index < -0.39 is 17.4 Å². The number of hydrogen-bond acceptors (Lipinski definition) is 5. The van der Waals surface area contributed by atoms with Gasteiger partial charge in [-0.25, -0.2) is 0 Å². The topological polar surface area (TPSA) is 84.6 Å². The van der Waals surface area contributed by atoms with Gasteiger partial charge in [-0.2, -0.15) is 13.2 Å². The maximum atomic E-state index is 13.1. The Morgan fingerprint density at radius 2 is 2.00 bits per heavy atom.